The van der Waals surface area contributed by atoms with Gasteiger partial charge in [-0.1, -0.05) is 6.07 Å². The molecule has 0 saturated carbocycles. The minimum Gasteiger partial charge on any atom is -0.354 e. The smallest absolute Gasteiger partial charge is 0.223 e. The van der Waals surface area contributed by atoms with Crippen LogP contribution in [0, 0.1) is 5.82 Å². The summed E-state index contributed by atoms with van der Waals surface area (Å²) in [6.45, 7) is 2.64. The molecule has 4 nitrogen and oxygen atoms in total. The lowest BCUT2D eigenvalue weighted by Gasteiger charge is -2.05. The minimum atomic E-state index is -0.393. The van der Waals surface area contributed by atoms with Crippen LogP contribution in [0.4, 0.5) is 10.3 Å². The van der Waals surface area contributed by atoms with Crippen LogP contribution in [0.25, 0.3) is 0 Å². The third-order valence-corrected chi connectivity index (χ3v) is 2.25. The van der Waals surface area contributed by atoms with Gasteiger partial charge < -0.3 is 5.32 Å². The Morgan fingerprint density at radius 1 is 1.35 bits per heavy atom. The van der Waals surface area contributed by atoms with Gasteiger partial charge in [-0.15, -0.1) is 0 Å². The topological polar surface area (TPSA) is 50.7 Å². The number of aromatic nitrogens is 3. The number of halogens is 1. The average molecular weight is 232 g/mol. The first-order chi connectivity index (χ1) is 8.29. The summed E-state index contributed by atoms with van der Waals surface area (Å²) in [5.74, 6) is 0.0586. The molecule has 88 valence electrons. The van der Waals surface area contributed by atoms with Gasteiger partial charge in [-0.05, 0) is 18.6 Å². The lowest BCUT2D eigenvalue weighted by Crippen LogP contribution is -2.06. The first kappa shape index (κ1) is 11.4. The molecule has 0 aliphatic rings. The van der Waals surface area contributed by atoms with Gasteiger partial charge in [0.25, 0.3) is 0 Å². The highest BCUT2D eigenvalue weighted by molar-refractivity contribution is 5.28. The van der Waals surface area contributed by atoms with E-state index in [0.29, 0.717) is 24.6 Å². The number of nitrogens with zero attached hydrogens (tertiary/aromatic N) is 3. The van der Waals surface area contributed by atoms with Crippen molar-refractivity contribution < 1.29 is 4.39 Å². The number of anilines is 1. The van der Waals surface area contributed by atoms with E-state index in [1.54, 1.807) is 12.4 Å². The van der Waals surface area contributed by atoms with Crippen molar-refractivity contribution in [3.8, 4) is 0 Å². The normalized spacial score (nSPS) is 10.2. The number of pyridine rings is 1. The van der Waals surface area contributed by atoms with E-state index in [4.69, 9.17) is 0 Å². The fourth-order valence-electron chi connectivity index (χ4n) is 1.47. The zero-order valence-corrected chi connectivity index (χ0v) is 9.52. The Balaban J connectivity index is 2.22. The molecule has 0 spiro atoms. The van der Waals surface area contributed by atoms with E-state index in [-0.39, 0.29) is 0 Å². The summed E-state index contributed by atoms with van der Waals surface area (Å²) in [4.78, 5) is 12.0. The van der Waals surface area contributed by atoms with E-state index in [9.17, 15) is 4.39 Å². The Morgan fingerprint density at radius 2 is 2.24 bits per heavy atom. The third-order valence-electron chi connectivity index (χ3n) is 2.25. The van der Waals surface area contributed by atoms with E-state index in [0.717, 1.165) is 5.56 Å². The van der Waals surface area contributed by atoms with Crippen molar-refractivity contribution in [3.63, 3.8) is 0 Å². The summed E-state index contributed by atoms with van der Waals surface area (Å²) < 4.78 is 13.5. The van der Waals surface area contributed by atoms with Gasteiger partial charge in [0.15, 0.2) is 5.82 Å². The van der Waals surface area contributed by atoms with E-state index >= 15 is 0 Å². The molecule has 0 radical (unpaired) electrons. The molecular formula is C12H13FN4. The highest BCUT2D eigenvalue weighted by atomic mass is 19.1. The molecule has 0 atom stereocenters. The van der Waals surface area contributed by atoms with Crippen LogP contribution < -0.4 is 5.32 Å². The number of nitrogens with one attached hydrogen (secondary N) is 1. The summed E-state index contributed by atoms with van der Waals surface area (Å²) in [5, 5.41) is 2.96. The van der Waals surface area contributed by atoms with Crippen molar-refractivity contribution in [1.82, 2.24) is 15.0 Å². The summed E-state index contributed by atoms with van der Waals surface area (Å²) >= 11 is 0. The molecule has 2 aromatic rings. The van der Waals surface area contributed by atoms with E-state index in [1.165, 1.54) is 6.20 Å². The molecule has 0 unspecified atom stereocenters. The average Bonchev–Trinajstić information content (AvgIpc) is 2.35. The van der Waals surface area contributed by atoms with Gasteiger partial charge in [0.2, 0.25) is 5.95 Å². The molecule has 0 aromatic carbocycles. The zero-order chi connectivity index (χ0) is 12.1. The zero-order valence-electron chi connectivity index (χ0n) is 9.52. The molecule has 0 bridgehead atoms. The Kier molecular flexibility index (Phi) is 3.59. The lowest BCUT2D eigenvalue weighted by molar-refractivity contribution is 0.596. The fraction of sp³-hybridized carbons (Fsp3) is 0.250. The molecule has 1 N–H and O–H groups in total. The molecule has 5 heteroatoms. The molecule has 0 fully saturated rings. The van der Waals surface area contributed by atoms with Gasteiger partial charge in [0.05, 0.1) is 11.9 Å². The van der Waals surface area contributed by atoms with Gasteiger partial charge in [0, 0.05) is 25.4 Å². The second-order valence-electron chi connectivity index (χ2n) is 3.56. The quantitative estimate of drug-likeness (QED) is 0.876. The second-order valence-corrected chi connectivity index (χ2v) is 3.56. The molecule has 0 aliphatic carbocycles. The van der Waals surface area contributed by atoms with Crippen LogP contribution in [0.3, 0.4) is 0 Å². The van der Waals surface area contributed by atoms with Gasteiger partial charge in [-0.3, -0.25) is 4.98 Å². The minimum absolute atomic E-state index is 0.379. The van der Waals surface area contributed by atoms with Gasteiger partial charge in [-0.25, -0.2) is 14.4 Å². The van der Waals surface area contributed by atoms with Crippen molar-refractivity contribution in [3.05, 3.63) is 47.8 Å². The predicted octanol–water partition coefficient (Wildman–Crippen LogP) is 2.03. The lowest BCUT2D eigenvalue weighted by atomic mass is 10.1. The van der Waals surface area contributed by atoms with Crippen LogP contribution >= 0.6 is 0 Å². The Hall–Kier alpha value is -2.04. The van der Waals surface area contributed by atoms with Crippen LogP contribution in [0.15, 0.2) is 30.7 Å². The maximum absolute atomic E-state index is 13.5. The SMILES string of the molecule is CCNc1ncc(F)c(Cc2cccnc2)n1. The van der Waals surface area contributed by atoms with Crippen LogP contribution in [0.5, 0.6) is 0 Å². The Bertz CT molecular complexity index is 487. The predicted molar refractivity (Wildman–Crippen MR) is 63.2 cm³/mol. The van der Waals surface area contributed by atoms with Gasteiger partial charge in [0.1, 0.15) is 0 Å². The maximum atomic E-state index is 13.5. The van der Waals surface area contributed by atoms with Gasteiger partial charge in [-0.2, -0.15) is 0 Å². The number of hydrogen-bond acceptors (Lipinski definition) is 4. The van der Waals surface area contributed by atoms with E-state index in [2.05, 4.69) is 20.3 Å². The first-order valence-electron chi connectivity index (χ1n) is 5.43. The van der Waals surface area contributed by atoms with E-state index < -0.39 is 5.82 Å². The fourth-order valence-corrected chi connectivity index (χ4v) is 1.47. The monoisotopic (exact) mass is 232 g/mol. The molecule has 0 saturated heterocycles. The van der Waals surface area contributed by atoms with Crippen molar-refractivity contribution in [2.45, 2.75) is 13.3 Å². The Morgan fingerprint density at radius 3 is 2.94 bits per heavy atom. The van der Waals surface area contributed by atoms with Crippen LogP contribution in [0.1, 0.15) is 18.2 Å². The van der Waals surface area contributed by atoms with Crippen LogP contribution in [-0.4, -0.2) is 21.5 Å². The van der Waals surface area contributed by atoms with Crippen molar-refractivity contribution >= 4 is 5.95 Å². The highest BCUT2D eigenvalue weighted by Crippen LogP contribution is 2.11. The Labute approximate surface area is 99.0 Å². The van der Waals surface area contributed by atoms with Gasteiger partial charge >= 0.3 is 0 Å². The summed E-state index contributed by atoms with van der Waals surface area (Å²) in [7, 11) is 0. The molecule has 17 heavy (non-hydrogen) atoms. The largest absolute Gasteiger partial charge is 0.354 e. The second kappa shape index (κ2) is 5.34. The number of rotatable bonds is 4. The molecule has 2 rings (SSSR count). The summed E-state index contributed by atoms with van der Waals surface area (Å²) in [6, 6.07) is 3.71. The van der Waals surface area contributed by atoms with Crippen molar-refractivity contribution in [2.75, 3.05) is 11.9 Å². The van der Waals surface area contributed by atoms with E-state index in [1.807, 2.05) is 19.1 Å². The molecular weight excluding hydrogens is 219 g/mol. The third kappa shape index (κ3) is 2.96. The maximum Gasteiger partial charge on any atom is 0.223 e. The summed E-state index contributed by atoms with van der Waals surface area (Å²) in [6.07, 6.45) is 5.00. The number of hydrogen-bond donors (Lipinski definition) is 1. The standard InChI is InChI=1S/C12H13FN4/c1-2-15-12-16-8-10(13)11(17-12)6-9-4-3-5-14-7-9/h3-5,7-8H,2,6H2,1H3,(H,15,16,17). The van der Waals surface area contributed by atoms with Crippen LogP contribution in [0.2, 0.25) is 0 Å². The molecule has 2 aromatic heterocycles. The molecule has 0 aliphatic heterocycles. The highest BCUT2D eigenvalue weighted by Gasteiger charge is 2.07. The summed E-state index contributed by atoms with van der Waals surface area (Å²) in [5.41, 5.74) is 1.30. The molecule has 0 amide bonds. The first-order valence-corrected chi connectivity index (χ1v) is 5.43. The van der Waals surface area contributed by atoms with Crippen LogP contribution in [-0.2, 0) is 6.42 Å². The molecule has 2 heterocycles. The van der Waals surface area contributed by atoms with Crippen molar-refractivity contribution in [1.29, 1.82) is 0 Å². The van der Waals surface area contributed by atoms with Crippen molar-refractivity contribution in [2.24, 2.45) is 0 Å².